The van der Waals surface area contributed by atoms with E-state index in [9.17, 15) is 0 Å². The maximum Gasteiger partial charge on any atom is 0.0640 e. The number of rotatable bonds is 2. The lowest BCUT2D eigenvalue weighted by Crippen LogP contribution is -2.51. The largest absolute Gasteiger partial charge is 0.316 e. The molecular weight excluding hydrogens is 303 g/mol. The Morgan fingerprint density at radius 1 is 1.24 bits per heavy atom. The molecule has 0 bridgehead atoms. The Labute approximate surface area is 137 Å². The molecule has 3 rings (SSSR count). The summed E-state index contributed by atoms with van der Waals surface area (Å²) in [5.74, 6) is 0. The zero-order chi connectivity index (χ0) is 14.9. The van der Waals surface area contributed by atoms with Gasteiger partial charge in [-0.05, 0) is 62.7 Å². The summed E-state index contributed by atoms with van der Waals surface area (Å²) in [5.41, 5.74) is 1.63. The van der Waals surface area contributed by atoms with Gasteiger partial charge in [-0.1, -0.05) is 35.3 Å². The average Bonchev–Trinajstić information content (AvgIpc) is 2.50. The van der Waals surface area contributed by atoms with Crippen molar-refractivity contribution in [3.05, 3.63) is 33.8 Å². The van der Waals surface area contributed by atoms with Crippen LogP contribution in [0.15, 0.2) is 18.2 Å². The maximum atomic E-state index is 6.41. The molecule has 0 radical (unpaired) electrons. The number of hydrogen-bond donors (Lipinski definition) is 1. The van der Waals surface area contributed by atoms with Gasteiger partial charge in [-0.3, -0.25) is 4.90 Å². The van der Waals surface area contributed by atoms with Crippen molar-refractivity contribution in [3.63, 3.8) is 0 Å². The van der Waals surface area contributed by atoms with Gasteiger partial charge in [0.2, 0.25) is 0 Å². The van der Waals surface area contributed by atoms with E-state index < -0.39 is 0 Å². The molecule has 4 heteroatoms. The summed E-state index contributed by atoms with van der Waals surface area (Å²) < 4.78 is 0. The molecule has 0 amide bonds. The second kappa shape index (κ2) is 6.45. The monoisotopic (exact) mass is 326 g/mol. The van der Waals surface area contributed by atoms with Gasteiger partial charge in [0, 0.05) is 19.1 Å². The van der Waals surface area contributed by atoms with E-state index in [1.165, 1.54) is 45.3 Å². The van der Waals surface area contributed by atoms with Crippen LogP contribution in [0.5, 0.6) is 0 Å². The van der Waals surface area contributed by atoms with Crippen LogP contribution in [0.2, 0.25) is 10.0 Å². The van der Waals surface area contributed by atoms with Gasteiger partial charge >= 0.3 is 0 Å². The van der Waals surface area contributed by atoms with Crippen molar-refractivity contribution in [2.24, 2.45) is 5.41 Å². The number of halogens is 2. The third-order valence-electron chi connectivity index (χ3n) is 5.23. The highest BCUT2D eigenvalue weighted by Gasteiger charge is 2.38. The number of nitrogens with zero attached hydrogens (tertiary/aromatic N) is 1. The van der Waals surface area contributed by atoms with Gasteiger partial charge in [-0.15, -0.1) is 0 Å². The lowest BCUT2D eigenvalue weighted by Gasteiger charge is -2.47. The van der Waals surface area contributed by atoms with Crippen LogP contribution in [0.4, 0.5) is 0 Å². The molecule has 0 aliphatic carbocycles. The Balaban J connectivity index is 1.78. The molecule has 2 fully saturated rings. The van der Waals surface area contributed by atoms with Crippen LogP contribution in [-0.2, 0) is 0 Å². The van der Waals surface area contributed by atoms with Crippen LogP contribution in [0.3, 0.4) is 0 Å². The minimum Gasteiger partial charge on any atom is -0.316 e. The van der Waals surface area contributed by atoms with E-state index >= 15 is 0 Å². The van der Waals surface area contributed by atoms with Crippen LogP contribution in [0.1, 0.15) is 44.2 Å². The predicted octanol–water partition coefficient (Wildman–Crippen LogP) is 4.52. The number of hydrogen-bond acceptors (Lipinski definition) is 2. The van der Waals surface area contributed by atoms with Crippen molar-refractivity contribution in [3.8, 4) is 0 Å². The van der Waals surface area contributed by atoms with Gasteiger partial charge in [-0.25, -0.2) is 0 Å². The zero-order valence-electron chi connectivity index (χ0n) is 12.7. The first-order chi connectivity index (χ1) is 10.1. The highest BCUT2D eigenvalue weighted by Crippen LogP contribution is 2.40. The number of likely N-dealkylation sites (tertiary alicyclic amines) is 1. The average molecular weight is 327 g/mol. The van der Waals surface area contributed by atoms with Crippen molar-refractivity contribution < 1.29 is 0 Å². The zero-order valence-corrected chi connectivity index (χ0v) is 14.2. The molecule has 2 saturated heterocycles. The molecule has 0 aromatic heterocycles. The van der Waals surface area contributed by atoms with Crippen molar-refractivity contribution in [1.82, 2.24) is 10.2 Å². The highest BCUT2D eigenvalue weighted by atomic mass is 35.5. The third-order valence-corrected chi connectivity index (χ3v) is 6.06. The van der Waals surface area contributed by atoms with Crippen LogP contribution >= 0.6 is 23.2 Å². The normalized spacial score (nSPS) is 28.7. The van der Waals surface area contributed by atoms with Crippen molar-refractivity contribution in [2.45, 2.75) is 38.6 Å². The van der Waals surface area contributed by atoms with Gasteiger partial charge in [0.15, 0.2) is 0 Å². The minimum absolute atomic E-state index is 0.329. The summed E-state index contributed by atoms with van der Waals surface area (Å²) in [6.45, 7) is 6.93. The maximum absolute atomic E-state index is 6.41. The van der Waals surface area contributed by atoms with E-state index in [1.54, 1.807) is 0 Å². The van der Waals surface area contributed by atoms with E-state index in [-0.39, 0.29) is 0 Å². The van der Waals surface area contributed by atoms with Crippen LogP contribution in [0, 0.1) is 5.41 Å². The summed E-state index contributed by atoms with van der Waals surface area (Å²) >= 11 is 12.6. The molecule has 116 valence electrons. The lowest BCUT2D eigenvalue weighted by molar-refractivity contribution is 0.0416. The Morgan fingerprint density at radius 2 is 2.05 bits per heavy atom. The summed E-state index contributed by atoms with van der Waals surface area (Å²) in [7, 11) is 0. The standard InChI is InChI=1S/C17H24Cl2N2/c1-13(14-5-2-6-15(18)16(14)19)21-10-4-8-17(12-21)7-3-9-20-11-17/h2,5-6,13,20H,3-4,7-12H2,1H3. The van der Waals surface area contributed by atoms with E-state index in [4.69, 9.17) is 23.2 Å². The highest BCUT2D eigenvalue weighted by molar-refractivity contribution is 6.42. The van der Waals surface area contributed by atoms with Gasteiger partial charge in [0.05, 0.1) is 10.0 Å². The molecule has 2 aliphatic rings. The van der Waals surface area contributed by atoms with Gasteiger partial charge in [0.1, 0.15) is 0 Å². The molecule has 2 unspecified atom stereocenters. The Bertz CT molecular complexity index is 492. The van der Waals surface area contributed by atoms with Crippen LogP contribution < -0.4 is 5.32 Å². The fraction of sp³-hybridized carbons (Fsp3) is 0.647. The van der Waals surface area contributed by atoms with E-state index in [0.717, 1.165) is 12.1 Å². The first-order valence-corrected chi connectivity index (χ1v) is 8.76. The molecule has 2 atom stereocenters. The molecular formula is C17H24Cl2N2. The summed E-state index contributed by atoms with van der Waals surface area (Å²) in [6.07, 6.45) is 5.29. The first kappa shape index (κ1) is 15.6. The molecule has 0 saturated carbocycles. The predicted molar refractivity (Wildman–Crippen MR) is 90.2 cm³/mol. The lowest BCUT2D eigenvalue weighted by atomic mass is 9.74. The van der Waals surface area contributed by atoms with Crippen molar-refractivity contribution in [2.75, 3.05) is 26.2 Å². The molecule has 1 spiro atoms. The van der Waals surface area contributed by atoms with Gasteiger partial charge < -0.3 is 5.32 Å². The quantitative estimate of drug-likeness (QED) is 0.859. The fourth-order valence-corrected chi connectivity index (χ4v) is 4.46. The second-order valence-corrected chi connectivity index (χ2v) is 7.46. The van der Waals surface area contributed by atoms with E-state index in [0.29, 0.717) is 21.5 Å². The molecule has 1 aromatic carbocycles. The topological polar surface area (TPSA) is 15.3 Å². The van der Waals surface area contributed by atoms with E-state index in [2.05, 4.69) is 23.2 Å². The summed E-state index contributed by atoms with van der Waals surface area (Å²) in [4.78, 5) is 2.59. The SMILES string of the molecule is CC(c1cccc(Cl)c1Cl)N1CCCC2(CCCNC2)C1. The second-order valence-electron chi connectivity index (χ2n) is 6.67. The number of nitrogens with one attached hydrogen (secondary N) is 1. The van der Waals surface area contributed by atoms with Crippen LogP contribution in [0.25, 0.3) is 0 Å². The molecule has 2 aliphatic heterocycles. The summed E-state index contributed by atoms with van der Waals surface area (Å²) in [6, 6.07) is 6.31. The van der Waals surface area contributed by atoms with Crippen LogP contribution in [-0.4, -0.2) is 31.1 Å². The summed E-state index contributed by atoms with van der Waals surface area (Å²) in [5, 5.41) is 4.97. The third kappa shape index (κ3) is 3.24. The molecule has 2 heterocycles. The van der Waals surface area contributed by atoms with Crippen molar-refractivity contribution >= 4 is 23.2 Å². The van der Waals surface area contributed by atoms with E-state index in [1.807, 2.05) is 12.1 Å². The van der Waals surface area contributed by atoms with Gasteiger partial charge in [0.25, 0.3) is 0 Å². The van der Waals surface area contributed by atoms with Gasteiger partial charge in [-0.2, -0.15) is 0 Å². The first-order valence-electron chi connectivity index (χ1n) is 8.00. The Morgan fingerprint density at radius 3 is 2.81 bits per heavy atom. The molecule has 1 N–H and O–H groups in total. The smallest absolute Gasteiger partial charge is 0.0640 e. The molecule has 1 aromatic rings. The molecule has 21 heavy (non-hydrogen) atoms. The Kier molecular flexibility index (Phi) is 4.80. The molecule has 2 nitrogen and oxygen atoms in total. The fourth-order valence-electron chi connectivity index (χ4n) is 4.00. The minimum atomic E-state index is 0.329. The van der Waals surface area contributed by atoms with Crippen molar-refractivity contribution in [1.29, 1.82) is 0 Å². The number of benzene rings is 1. The number of piperidine rings is 2. The Hall–Kier alpha value is -0.280.